The summed E-state index contributed by atoms with van der Waals surface area (Å²) in [6.45, 7) is 8.34. The van der Waals surface area contributed by atoms with Crippen LogP contribution >= 0.6 is 0 Å². The van der Waals surface area contributed by atoms with E-state index >= 15 is 0 Å². The lowest BCUT2D eigenvalue weighted by Crippen LogP contribution is -2.41. The van der Waals surface area contributed by atoms with Gasteiger partial charge in [-0.05, 0) is 114 Å². The molecule has 0 radical (unpaired) electrons. The first kappa shape index (κ1) is 28.6. The fourth-order valence-corrected chi connectivity index (χ4v) is 6.44. The van der Waals surface area contributed by atoms with E-state index in [1.165, 1.54) is 33.4 Å². The second-order valence-corrected chi connectivity index (χ2v) is 13.2. The number of furan rings is 1. The summed E-state index contributed by atoms with van der Waals surface area (Å²) >= 11 is 0. The summed E-state index contributed by atoms with van der Waals surface area (Å²) in [5.41, 5.74) is 11.3. The number of rotatable bonds is 5. The fraction of sp³-hybridized carbons (Fsp3) is 0.143. The molecule has 46 heavy (non-hydrogen) atoms. The van der Waals surface area contributed by atoms with E-state index in [4.69, 9.17) is 13.7 Å². The topological polar surface area (TPSA) is 31.6 Å². The molecule has 0 spiro atoms. The first-order valence-corrected chi connectivity index (χ1v) is 15.9. The minimum Gasteiger partial charge on any atom is -0.456 e. The quantitative estimate of drug-likeness (QED) is 0.185. The van der Waals surface area contributed by atoms with Crippen molar-refractivity contribution in [3.63, 3.8) is 0 Å². The maximum Gasteiger partial charge on any atom is 0.495 e. The third-order valence-corrected chi connectivity index (χ3v) is 9.73. The standard InChI is InChI=1S/C42H35BO3/c1-41(2)42(3,4)46-43(45-41)37-16-11-17-39-40(37)36-27-32(22-23-38(36)44-39)30-18-20-31(21-19-30)35-25-33(28-12-7-5-8-13-28)24-34(26-35)29-14-9-6-10-15-29/h5-27H,1-4H3. The van der Waals surface area contributed by atoms with Gasteiger partial charge in [-0.1, -0.05) is 103 Å². The third kappa shape index (κ3) is 4.95. The number of hydrogen-bond donors (Lipinski definition) is 0. The second-order valence-electron chi connectivity index (χ2n) is 13.2. The minimum atomic E-state index is -0.468. The Bertz CT molecular complexity index is 2120. The Balaban J connectivity index is 1.18. The first-order chi connectivity index (χ1) is 22.3. The molecule has 1 saturated heterocycles. The molecule has 3 nitrogen and oxygen atoms in total. The molecule has 7 aromatic rings. The van der Waals surface area contributed by atoms with Gasteiger partial charge in [0.05, 0.1) is 11.2 Å². The molecule has 0 bridgehead atoms. The summed E-state index contributed by atoms with van der Waals surface area (Å²) in [6, 6.07) is 49.5. The van der Waals surface area contributed by atoms with Gasteiger partial charge >= 0.3 is 7.12 Å². The van der Waals surface area contributed by atoms with E-state index in [1.807, 2.05) is 12.1 Å². The van der Waals surface area contributed by atoms with Crippen molar-refractivity contribution in [3.05, 3.63) is 140 Å². The van der Waals surface area contributed by atoms with E-state index in [0.717, 1.165) is 38.5 Å². The second kappa shape index (κ2) is 10.9. The zero-order valence-corrected chi connectivity index (χ0v) is 26.6. The highest BCUT2D eigenvalue weighted by Crippen LogP contribution is 2.39. The zero-order chi connectivity index (χ0) is 31.5. The molecule has 224 valence electrons. The normalized spacial score (nSPS) is 15.5. The van der Waals surface area contributed by atoms with E-state index in [9.17, 15) is 0 Å². The van der Waals surface area contributed by atoms with Gasteiger partial charge in [0, 0.05) is 10.8 Å². The molecule has 0 unspecified atom stereocenters. The lowest BCUT2D eigenvalue weighted by molar-refractivity contribution is 0.00578. The summed E-state index contributed by atoms with van der Waals surface area (Å²) in [4.78, 5) is 0. The van der Waals surface area contributed by atoms with Gasteiger partial charge in [0.2, 0.25) is 0 Å². The Kier molecular flexibility index (Phi) is 6.75. The van der Waals surface area contributed by atoms with Crippen LogP contribution in [-0.2, 0) is 9.31 Å². The highest BCUT2D eigenvalue weighted by molar-refractivity contribution is 6.66. The van der Waals surface area contributed by atoms with Crippen molar-refractivity contribution in [2.45, 2.75) is 38.9 Å². The molecule has 0 amide bonds. The molecule has 1 aliphatic rings. The predicted molar refractivity (Wildman–Crippen MR) is 191 cm³/mol. The summed E-state index contributed by atoms with van der Waals surface area (Å²) < 4.78 is 19.2. The molecule has 2 heterocycles. The van der Waals surface area contributed by atoms with Crippen LogP contribution in [-0.4, -0.2) is 18.3 Å². The van der Waals surface area contributed by atoms with Crippen LogP contribution in [0.2, 0.25) is 0 Å². The van der Waals surface area contributed by atoms with Gasteiger partial charge in [-0.15, -0.1) is 0 Å². The molecular weight excluding hydrogens is 563 g/mol. The van der Waals surface area contributed by atoms with E-state index in [2.05, 4.69) is 155 Å². The Morgan fingerprint density at radius 1 is 0.413 bits per heavy atom. The SMILES string of the molecule is CC1(C)OB(c2cccc3oc4ccc(-c5ccc(-c6cc(-c7ccccc7)cc(-c7ccccc7)c6)cc5)cc4c23)OC1(C)C. The number of benzene rings is 6. The van der Waals surface area contributed by atoms with Crippen LogP contribution < -0.4 is 5.46 Å². The van der Waals surface area contributed by atoms with Crippen LogP contribution in [0.15, 0.2) is 144 Å². The average molecular weight is 599 g/mol. The van der Waals surface area contributed by atoms with Gasteiger partial charge in [-0.2, -0.15) is 0 Å². The van der Waals surface area contributed by atoms with Gasteiger partial charge in [0.15, 0.2) is 0 Å². The molecule has 6 aromatic carbocycles. The summed E-state index contributed by atoms with van der Waals surface area (Å²) in [5, 5.41) is 2.10. The van der Waals surface area contributed by atoms with Crippen LogP contribution in [0.25, 0.3) is 66.4 Å². The van der Waals surface area contributed by atoms with Crippen LogP contribution in [0.1, 0.15) is 27.7 Å². The van der Waals surface area contributed by atoms with Crippen LogP contribution in [0.4, 0.5) is 0 Å². The average Bonchev–Trinajstić information content (AvgIpc) is 3.57. The fourth-order valence-electron chi connectivity index (χ4n) is 6.44. The zero-order valence-electron chi connectivity index (χ0n) is 26.6. The molecular formula is C42H35BO3. The van der Waals surface area contributed by atoms with Crippen LogP contribution in [0, 0.1) is 0 Å². The summed E-state index contributed by atoms with van der Waals surface area (Å²) in [6.07, 6.45) is 0. The van der Waals surface area contributed by atoms with Gasteiger partial charge < -0.3 is 13.7 Å². The highest BCUT2D eigenvalue weighted by Gasteiger charge is 2.52. The van der Waals surface area contributed by atoms with Crippen molar-refractivity contribution >= 4 is 34.5 Å². The van der Waals surface area contributed by atoms with Crippen molar-refractivity contribution in [2.24, 2.45) is 0 Å². The smallest absolute Gasteiger partial charge is 0.456 e. The van der Waals surface area contributed by atoms with Gasteiger partial charge in [0.25, 0.3) is 0 Å². The summed E-state index contributed by atoms with van der Waals surface area (Å²) in [7, 11) is -0.468. The van der Waals surface area contributed by atoms with Crippen molar-refractivity contribution in [2.75, 3.05) is 0 Å². The van der Waals surface area contributed by atoms with Crippen molar-refractivity contribution in [1.82, 2.24) is 0 Å². The van der Waals surface area contributed by atoms with Gasteiger partial charge in [0.1, 0.15) is 11.2 Å². The largest absolute Gasteiger partial charge is 0.495 e. The Labute approximate surface area is 270 Å². The van der Waals surface area contributed by atoms with Crippen molar-refractivity contribution in [1.29, 1.82) is 0 Å². The lowest BCUT2D eigenvalue weighted by Gasteiger charge is -2.32. The van der Waals surface area contributed by atoms with Gasteiger partial charge in [-0.25, -0.2) is 0 Å². The number of fused-ring (bicyclic) bond motifs is 3. The number of hydrogen-bond acceptors (Lipinski definition) is 3. The summed E-state index contributed by atoms with van der Waals surface area (Å²) in [5.74, 6) is 0. The van der Waals surface area contributed by atoms with E-state index in [1.54, 1.807) is 0 Å². The molecule has 0 aliphatic carbocycles. The van der Waals surface area contributed by atoms with Crippen LogP contribution in [0.3, 0.4) is 0 Å². The van der Waals surface area contributed by atoms with E-state index < -0.39 is 18.3 Å². The van der Waals surface area contributed by atoms with E-state index in [0.29, 0.717) is 0 Å². The van der Waals surface area contributed by atoms with E-state index in [-0.39, 0.29) is 0 Å². The molecule has 1 aromatic heterocycles. The van der Waals surface area contributed by atoms with Crippen molar-refractivity contribution < 1.29 is 13.7 Å². The lowest BCUT2D eigenvalue weighted by atomic mass is 9.76. The molecule has 1 fully saturated rings. The Morgan fingerprint density at radius 2 is 0.891 bits per heavy atom. The monoisotopic (exact) mass is 598 g/mol. The Hall–Kier alpha value is -4.90. The maximum atomic E-state index is 6.46. The molecule has 0 saturated carbocycles. The molecule has 1 aliphatic heterocycles. The maximum absolute atomic E-state index is 6.46. The predicted octanol–water partition coefficient (Wildman–Crippen LogP) is 10.6. The first-order valence-electron chi connectivity index (χ1n) is 15.9. The highest BCUT2D eigenvalue weighted by atomic mass is 16.7. The van der Waals surface area contributed by atoms with Gasteiger partial charge in [-0.3, -0.25) is 0 Å². The third-order valence-electron chi connectivity index (χ3n) is 9.73. The molecule has 4 heteroatoms. The minimum absolute atomic E-state index is 0.422. The molecule has 0 N–H and O–H groups in total. The van der Waals surface area contributed by atoms with Crippen molar-refractivity contribution in [3.8, 4) is 44.5 Å². The van der Waals surface area contributed by atoms with Crippen LogP contribution in [0.5, 0.6) is 0 Å². The molecule has 8 rings (SSSR count). The molecule has 0 atom stereocenters. The Morgan fingerprint density at radius 3 is 1.43 bits per heavy atom.